The van der Waals surface area contributed by atoms with Crippen LogP contribution in [0.3, 0.4) is 0 Å². The fourth-order valence-corrected chi connectivity index (χ4v) is 3.28. The molecule has 1 amide bonds. The quantitative estimate of drug-likeness (QED) is 0.631. The largest absolute Gasteiger partial charge is 0.394 e. The van der Waals surface area contributed by atoms with Crippen molar-refractivity contribution >= 4 is 5.91 Å². The van der Waals surface area contributed by atoms with Crippen LogP contribution in [0.1, 0.15) is 65.7 Å². The van der Waals surface area contributed by atoms with Gasteiger partial charge in [-0.25, -0.2) is 0 Å². The minimum atomic E-state index is -0.00277. The Morgan fingerprint density at radius 1 is 1.09 bits per heavy atom. The maximum Gasteiger partial charge on any atom is 0.224 e. The molecule has 1 rings (SSSR count). The first-order valence-corrected chi connectivity index (χ1v) is 9.21. The lowest BCUT2D eigenvalue weighted by Crippen LogP contribution is -2.44. The van der Waals surface area contributed by atoms with Crippen LogP contribution in [0, 0.1) is 5.92 Å². The van der Waals surface area contributed by atoms with Gasteiger partial charge in [-0.1, -0.05) is 46.5 Å². The summed E-state index contributed by atoms with van der Waals surface area (Å²) in [6.07, 6.45) is 7.97. The van der Waals surface area contributed by atoms with Gasteiger partial charge in [0.25, 0.3) is 0 Å². The normalized spacial score (nSPS) is 18.8. The zero-order chi connectivity index (χ0) is 16.4. The molecule has 0 bridgehead atoms. The highest BCUT2D eigenvalue weighted by Crippen LogP contribution is 2.16. The van der Waals surface area contributed by atoms with Gasteiger partial charge in [0.15, 0.2) is 0 Å². The van der Waals surface area contributed by atoms with Gasteiger partial charge in [-0.05, 0) is 25.3 Å². The summed E-state index contributed by atoms with van der Waals surface area (Å²) in [6.45, 7) is 10.3. The molecule has 1 N–H and O–H groups in total. The summed E-state index contributed by atoms with van der Waals surface area (Å²) in [7, 11) is 0. The first kappa shape index (κ1) is 19.4. The van der Waals surface area contributed by atoms with E-state index < -0.39 is 0 Å². The third-order valence-corrected chi connectivity index (χ3v) is 4.59. The zero-order valence-corrected chi connectivity index (χ0v) is 14.9. The van der Waals surface area contributed by atoms with Crippen molar-refractivity contribution in [2.75, 3.05) is 32.8 Å². The molecule has 1 heterocycles. The molecular weight excluding hydrogens is 276 g/mol. The van der Waals surface area contributed by atoms with Gasteiger partial charge in [0.1, 0.15) is 0 Å². The van der Waals surface area contributed by atoms with Crippen molar-refractivity contribution in [3.63, 3.8) is 0 Å². The van der Waals surface area contributed by atoms with Gasteiger partial charge in [0.05, 0.1) is 12.6 Å². The Bertz CT molecular complexity index is 307. The van der Waals surface area contributed by atoms with E-state index in [1.807, 2.05) is 4.90 Å². The second-order valence-corrected chi connectivity index (χ2v) is 7.06. The number of amides is 1. The van der Waals surface area contributed by atoms with Crippen molar-refractivity contribution in [1.29, 1.82) is 0 Å². The van der Waals surface area contributed by atoms with E-state index in [9.17, 15) is 9.90 Å². The zero-order valence-electron chi connectivity index (χ0n) is 14.9. The van der Waals surface area contributed by atoms with E-state index in [2.05, 4.69) is 25.7 Å². The van der Waals surface area contributed by atoms with E-state index in [1.165, 1.54) is 32.1 Å². The average Bonchev–Trinajstić information content (AvgIpc) is 2.67. The fraction of sp³-hybridized carbons (Fsp3) is 0.944. The molecular formula is C18H36N2O2. The fourth-order valence-electron chi connectivity index (χ4n) is 3.28. The molecule has 4 nitrogen and oxygen atoms in total. The van der Waals surface area contributed by atoms with Crippen molar-refractivity contribution in [3.8, 4) is 0 Å². The smallest absolute Gasteiger partial charge is 0.224 e. The van der Waals surface area contributed by atoms with E-state index >= 15 is 0 Å². The number of aliphatic hydroxyl groups is 1. The molecule has 0 spiro atoms. The maximum absolute atomic E-state index is 12.3. The van der Waals surface area contributed by atoms with Crippen LogP contribution in [0.4, 0.5) is 0 Å². The van der Waals surface area contributed by atoms with Gasteiger partial charge in [-0.15, -0.1) is 0 Å². The summed E-state index contributed by atoms with van der Waals surface area (Å²) in [5.41, 5.74) is 0. The van der Waals surface area contributed by atoms with E-state index in [1.54, 1.807) is 0 Å². The minimum Gasteiger partial charge on any atom is -0.394 e. The van der Waals surface area contributed by atoms with E-state index in [-0.39, 0.29) is 18.6 Å². The molecule has 0 saturated carbocycles. The van der Waals surface area contributed by atoms with E-state index in [4.69, 9.17) is 0 Å². The molecule has 4 heteroatoms. The molecule has 0 unspecified atom stereocenters. The van der Waals surface area contributed by atoms with Gasteiger partial charge in [0, 0.05) is 26.1 Å². The van der Waals surface area contributed by atoms with Crippen LogP contribution in [0.5, 0.6) is 0 Å². The number of carbonyl (C=O) groups excluding carboxylic acids is 1. The molecule has 1 saturated heterocycles. The summed E-state index contributed by atoms with van der Waals surface area (Å²) in [6, 6.07) is -0.00277. The predicted molar refractivity (Wildman–Crippen MR) is 91.9 cm³/mol. The van der Waals surface area contributed by atoms with Crippen LogP contribution in [-0.2, 0) is 4.79 Å². The summed E-state index contributed by atoms with van der Waals surface area (Å²) in [5, 5.41) is 9.62. The lowest BCUT2D eigenvalue weighted by Gasteiger charge is -2.31. The van der Waals surface area contributed by atoms with Crippen LogP contribution >= 0.6 is 0 Å². The Morgan fingerprint density at radius 3 is 2.45 bits per heavy atom. The molecule has 130 valence electrons. The van der Waals surface area contributed by atoms with E-state index in [0.717, 1.165) is 32.6 Å². The van der Waals surface area contributed by atoms with Crippen molar-refractivity contribution in [3.05, 3.63) is 0 Å². The molecule has 1 atom stereocenters. The van der Waals surface area contributed by atoms with Crippen LogP contribution in [0.25, 0.3) is 0 Å². The van der Waals surface area contributed by atoms with Gasteiger partial charge in [-0.2, -0.15) is 0 Å². The molecule has 0 aromatic carbocycles. The van der Waals surface area contributed by atoms with Crippen LogP contribution < -0.4 is 0 Å². The molecule has 0 radical (unpaired) electrons. The molecule has 1 aliphatic rings. The summed E-state index contributed by atoms with van der Waals surface area (Å²) in [5.74, 6) is 0.719. The minimum absolute atomic E-state index is 0.00277. The first-order chi connectivity index (χ1) is 10.6. The molecule has 0 aromatic heterocycles. The second kappa shape index (κ2) is 11.0. The molecule has 22 heavy (non-hydrogen) atoms. The number of aliphatic hydroxyl groups excluding tert-OH is 1. The van der Waals surface area contributed by atoms with Crippen molar-refractivity contribution in [2.45, 2.75) is 71.8 Å². The Labute approximate surface area is 136 Å². The lowest BCUT2D eigenvalue weighted by atomic mass is 10.0. The second-order valence-electron chi connectivity index (χ2n) is 7.06. The SMILES string of the molecule is CCCCCCCN1CCC(=O)N([C@H](CO)CC(C)C)CC1. The van der Waals surface area contributed by atoms with Crippen LogP contribution in [-0.4, -0.2) is 59.6 Å². The average molecular weight is 312 g/mol. The number of nitrogens with zero attached hydrogens (tertiary/aromatic N) is 2. The molecule has 1 fully saturated rings. The number of hydrogen-bond donors (Lipinski definition) is 1. The molecule has 0 aliphatic carbocycles. The Balaban J connectivity index is 2.39. The Hall–Kier alpha value is -0.610. The number of hydrogen-bond acceptors (Lipinski definition) is 3. The predicted octanol–water partition coefficient (Wildman–Crippen LogP) is 2.90. The highest BCUT2D eigenvalue weighted by atomic mass is 16.3. The van der Waals surface area contributed by atoms with Gasteiger partial charge in [0.2, 0.25) is 5.91 Å². The highest BCUT2D eigenvalue weighted by Gasteiger charge is 2.27. The standard InChI is InChI=1S/C18H36N2O2/c1-4-5-6-7-8-10-19-11-9-18(22)20(13-12-19)17(15-21)14-16(2)3/h16-17,21H,4-15H2,1-3H3/t17-/m0/s1. The summed E-state index contributed by atoms with van der Waals surface area (Å²) in [4.78, 5) is 16.7. The third kappa shape index (κ3) is 7.10. The van der Waals surface area contributed by atoms with Crippen molar-refractivity contribution in [2.24, 2.45) is 5.92 Å². The lowest BCUT2D eigenvalue weighted by molar-refractivity contribution is -0.133. The topological polar surface area (TPSA) is 43.8 Å². The maximum atomic E-state index is 12.3. The summed E-state index contributed by atoms with van der Waals surface area (Å²) >= 11 is 0. The number of carbonyl (C=O) groups is 1. The monoisotopic (exact) mass is 312 g/mol. The van der Waals surface area contributed by atoms with Gasteiger partial charge in [-0.3, -0.25) is 4.79 Å². The summed E-state index contributed by atoms with van der Waals surface area (Å²) < 4.78 is 0. The highest BCUT2D eigenvalue weighted by molar-refractivity contribution is 5.77. The van der Waals surface area contributed by atoms with Crippen molar-refractivity contribution in [1.82, 2.24) is 9.80 Å². The van der Waals surface area contributed by atoms with Crippen LogP contribution in [0.15, 0.2) is 0 Å². The Morgan fingerprint density at radius 2 is 1.82 bits per heavy atom. The number of unbranched alkanes of at least 4 members (excludes halogenated alkanes) is 4. The third-order valence-electron chi connectivity index (χ3n) is 4.59. The van der Waals surface area contributed by atoms with Crippen LogP contribution in [0.2, 0.25) is 0 Å². The number of rotatable bonds is 10. The molecule has 0 aromatic rings. The molecule has 1 aliphatic heterocycles. The first-order valence-electron chi connectivity index (χ1n) is 9.21. The van der Waals surface area contributed by atoms with E-state index in [0.29, 0.717) is 12.3 Å². The van der Waals surface area contributed by atoms with Crippen molar-refractivity contribution < 1.29 is 9.90 Å². The van der Waals surface area contributed by atoms with Gasteiger partial charge < -0.3 is 14.9 Å². The Kier molecular flexibility index (Phi) is 9.73. The van der Waals surface area contributed by atoms with Gasteiger partial charge >= 0.3 is 0 Å².